The van der Waals surface area contributed by atoms with Crippen LogP contribution in [0.2, 0.25) is 0 Å². The third-order valence-electron chi connectivity index (χ3n) is 2.61. The Balaban J connectivity index is 2.63. The molecular weight excluding hydrogens is 200 g/mol. The Labute approximate surface area is 97.5 Å². The minimum atomic E-state index is 0.00724. The van der Waals surface area contributed by atoms with Crippen molar-refractivity contribution in [2.75, 3.05) is 18.0 Å². The highest BCUT2D eigenvalue weighted by atomic mass is 16.1. The van der Waals surface area contributed by atoms with Crippen LogP contribution in [0.3, 0.4) is 0 Å². The highest BCUT2D eigenvalue weighted by Gasteiger charge is 2.01. The summed E-state index contributed by atoms with van der Waals surface area (Å²) in [6.45, 7) is 8.46. The van der Waals surface area contributed by atoms with E-state index in [0.29, 0.717) is 6.54 Å². The second-order valence-electron chi connectivity index (χ2n) is 3.75. The van der Waals surface area contributed by atoms with Gasteiger partial charge in [-0.2, -0.15) is 0 Å². The maximum absolute atomic E-state index is 10.8. The van der Waals surface area contributed by atoms with E-state index in [1.54, 1.807) is 0 Å². The molecule has 0 aliphatic heterocycles. The molecule has 1 aromatic rings. The molecule has 1 rings (SSSR count). The zero-order valence-electron chi connectivity index (χ0n) is 10.3. The molecule has 1 N–H and O–H groups in total. The van der Waals surface area contributed by atoms with Crippen LogP contribution >= 0.6 is 0 Å². The molecule has 0 unspecified atom stereocenters. The van der Waals surface area contributed by atoms with Gasteiger partial charge in [-0.3, -0.25) is 4.79 Å². The lowest BCUT2D eigenvalue weighted by Gasteiger charge is -2.21. The van der Waals surface area contributed by atoms with Gasteiger partial charge in [0.25, 0.3) is 0 Å². The van der Waals surface area contributed by atoms with Crippen molar-refractivity contribution in [3.8, 4) is 0 Å². The van der Waals surface area contributed by atoms with Gasteiger partial charge < -0.3 is 10.2 Å². The second-order valence-corrected chi connectivity index (χ2v) is 3.75. The maximum atomic E-state index is 10.8. The summed E-state index contributed by atoms with van der Waals surface area (Å²) in [5.41, 5.74) is 2.36. The first-order valence-corrected chi connectivity index (χ1v) is 5.75. The monoisotopic (exact) mass is 220 g/mol. The Kier molecular flexibility index (Phi) is 4.83. The van der Waals surface area contributed by atoms with E-state index >= 15 is 0 Å². The molecule has 0 saturated heterocycles. The molecule has 1 aromatic carbocycles. The smallest absolute Gasteiger partial charge is 0.217 e. The van der Waals surface area contributed by atoms with E-state index in [4.69, 9.17) is 0 Å². The van der Waals surface area contributed by atoms with Crippen molar-refractivity contribution in [1.29, 1.82) is 0 Å². The van der Waals surface area contributed by atoms with Crippen molar-refractivity contribution >= 4 is 11.6 Å². The molecule has 16 heavy (non-hydrogen) atoms. The lowest BCUT2D eigenvalue weighted by atomic mass is 10.2. The molecule has 0 spiro atoms. The predicted octanol–water partition coefficient (Wildman–Crippen LogP) is 2.17. The highest BCUT2D eigenvalue weighted by Crippen LogP contribution is 2.14. The highest BCUT2D eigenvalue weighted by molar-refractivity contribution is 5.72. The zero-order chi connectivity index (χ0) is 12.0. The Morgan fingerprint density at radius 1 is 1.19 bits per heavy atom. The number of nitrogens with zero attached hydrogens (tertiary/aromatic N) is 1. The van der Waals surface area contributed by atoms with Crippen LogP contribution in [-0.2, 0) is 11.3 Å². The van der Waals surface area contributed by atoms with Crippen LogP contribution in [0.15, 0.2) is 24.3 Å². The van der Waals surface area contributed by atoms with Gasteiger partial charge in [0.2, 0.25) is 5.91 Å². The minimum Gasteiger partial charge on any atom is -0.372 e. The van der Waals surface area contributed by atoms with Gasteiger partial charge in [0.05, 0.1) is 0 Å². The molecular formula is C13H20N2O. The van der Waals surface area contributed by atoms with Crippen LogP contribution in [0, 0.1) is 0 Å². The summed E-state index contributed by atoms with van der Waals surface area (Å²) in [6.07, 6.45) is 0. The molecule has 88 valence electrons. The molecule has 1 amide bonds. The van der Waals surface area contributed by atoms with Gasteiger partial charge in [-0.05, 0) is 31.5 Å². The third kappa shape index (κ3) is 3.57. The van der Waals surface area contributed by atoms with Crippen LogP contribution < -0.4 is 10.2 Å². The SMILES string of the molecule is CCN(CC)c1ccc(CNC(C)=O)cc1. The van der Waals surface area contributed by atoms with Crippen LogP contribution in [0.5, 0.6) is 0 Å². The van der Waals surface area contributed by atoms with Gasteiger partial charge in [-0.25, -0.2) is 0 Å². The molecule has 0 atom stereocenters. The second kappa shape index (κ2) is 6.16. The maximum Gasteiger partial charge on any atom is 0.217 e. The van der Waals surface area contributed by atoms with Crippen LogP contribution in [0.1, 0.15) is 26.3 Å². The Morgan fingerprint density at radius 2 is 1.75 bits per heavy atom. The summed E-state index contributed by atoms with van der Waals surface area (Å²) in [4.78, 5) is 13.1. The predicted molar refractivity (Wildman–Crippen MR) is 67.5 cm³/mol. The molecule has 0 aromatic heterocycles. The van der Waals surface area contributed by atoms with E-state index in [2.05, 4.69) is 48.3 Å². The number of benzene rings is 1. The van der Waals surface area contributed by atoms with Gasteiger partial charge in [-0.1, -0.05) is 12.1 Å². The number of anilines is 1. The summed E-state index contributed by atoms with van der Waals surface area (Å²) in [5.74, 6) is 0.00724. The number of nitrogens with one attached hydrogen (secondary N) is 1. The molecule has 0 bridgehead atoms. The molecule has 0 heterocycles. The first-order valence-electron chi connectivity index (χ1n) is 5.75. The molecule has 0 radical (unpaired) electrons. The summed E-state index contributed by atoms with van der Waals surface area (Å²) in [5, 5.41) is 2.79. The lowest BCUT2D eigenvalue weighted by molar-refractivity contribution is -0.119. The third-order valence-corrected chi connectivity index (χ3v) is 2.61. The van der Waals surface area contributed by atoms with Crippen LogP contribution in [-0.4, -0.2) is 19.0 Å². The number of carbonyl (C=O) groups is 1. The number of amides is 1. The largest absolute Gasteiger partial charge is 0.372 e. The molecule has 0 saturated carbocycles. The number of rotatable bonds is 5. The fraction of sp³-hybridized carbons (Fsp3) is 0.462. The van der Waals surface area contributed by atoms with Crippen molar-refractivity contribution in [3.05, 3.63) is 29.8 Å². The van der Waals surface area contributed by atoms with Crippen molar-refractivity contribution in [3.63, 3.8) is 0 Å². The van der Waals surface area contributed by atoms with Crippen molar-refractivity contribution in [1.82, 2.24) is 5.32 Å². The average Bonchev–Trinajstić information content (AvgIpc) is 2.29. The zero-order valence-corrected chi connectivity index (χ0v) is 10.3. The van der Waals surface area contributed by atoms with Gasteiger partial charge >= 0.3 is 0 Å². The van der Waals surface area contributed by atoms with Gasteiger partial charge in [-0.15, -0.1) is 0 Å². The van der Waals surface area contributed by atoms with Gasteiger partial charge in [0.15, 0.2) is 0 Å². The van der Waals surface area contributed by atoms with Gasteiger partial charge in [0.1, 0.15) is 0 Å². The Morgan fingerprint density at radius 3 is 2.19 bits per heavy atom. The normalized spacial score (nSPS) is 9.94. The minimum absolute atomic E-state index is 0.00724. The van der Waals surface area contributed by atoms with E-state index in [1.807, 2.05) is 0 Å². The Hall–Kier alpha value is -1.51. The van der Waals surface area contributed by atoms with E-state index in [-0.39, 0.29) is 5.91 Å². The molecule has 3 heteroatoms. The summed E-state index contributed by atoms with van der Waals surface area (Å²) in [7, 11) is 0. The lowest BCUT2D eigenvalue weighted by Crippen LogP contribution is -2.22. The fourth-order valence-electron chi connectivity index (χ4n) is 1.64. The topological polar surface area (TPSA) is 32.3 Å². The van der Waals surface area contributed by atoms with Crippen molar-refractivity contribution in [2.45, 2.75) is 27.3 Å². The fourth-order valence-corrected chi connectivity index (χ4v) is 1.64. The Bertz CT molecular complexity index is 328. The molecule has 0 aliphatic rings. The van der Waals surface area contributed by atoms with Crippen molar-refractivity contribution < 1.29 is 4.79 Å². The number of carbonyl (C=O) groups excluding carboxylic acids is 1. The summed E-state index contributed by atoms with van der Waals surface area (Å²) in [6, 6.07) is 8.32. The molecule has 0 fully saturated rings. The van der Waals surface area contributed by atoms with Crippen LogP contribution in [0.25, 0.3) is 0 Å². The van der Waals surface area contributed by atoms with E-state index < -0.39 is 0 Å². The average molecular weight is 220 g/mol. The summed E-state index contributed by atoms with van der Waals surface area (Å²) >= 11 is 0. The van der Waals surface area contributed by atoms with E-state index in [0.717, 1.165) is 18.7 Å². The first-order chi connectivity index (χ1) is 7.67. The van der Waals surface area contributed by atoms with Gasteiger partial charge in [0, 0.05) is 32.2 Å². The summed E-state index contributed by atoms with van der Waals surface area (Å²) < 4.78 is 0. The van der Waals surface area contributed by atoms with Crippen LogP contribution in [0.4, 0.5) is 5.69 Å². The first kappa shape index (κ1) is 12.6. The molecule has 3 nitrogen and oxygen atoms in total. The number of hydrogen-bond acceptors (Lipinski definition) is 2. The standard InChI is InChI=1S/C13H20N2O/c1-4-15(5-2)13-8-6-12(7-9-13)10-14-11(3)16/h6-9H,4-5,10H2,1-3H3,(H,14,16). The quantitative estimate of drug-likeness (QED) is 0.824. The van der Waals surface area contributed by atoms with E-state index in [9.17, 15) is 4.79 Å². The molecule has 0 aliphatic carbocycles. The number of hydrogen-bond donors (Lipinski definition) is 1. The van der Waals surface area contributed by atoms with E-state index in [1.165, 1.54) is 12.6 Å². The van der Waals surface area contributed by atoms with Crippen molar-refractivity contribution in [2.24, 2.45) is 0 Å².